The van der Waals surface area contributed by atoms with Gasteiger partial charge in [0.2, 0.25) is 0 Å². The van der Waals surface area contributed by atoms with Gasteiger partial charge in [0.05, 0.1) is 0 Å². The van der Waals surface area contributed by atoms with Crippen molar-refractivity contribution < 1.29 is 9.90 Å². The highest BCUT2D eigenvalue weighted by Crippen LogP contribution is 2.15. The van der Waals surface area contributed by atoms with E-state index in [0.29, 0.717) is 3.92 Å². The molecule has 0 bridgehead atoms. The van der Waals surface area contributed by atoms with E-state index in [2.05, 4.69) is 20.9 Å². The number of nitrogens with zero attached hydrogens (tertiary/aromatic N) is 1. The summed E-state index contributed by atoms with van der Waals surface area (Å²) in [4.78, 5) is 13.8. The number of aromatic nitrogens is 1. The first kappa shape index (κ1) is 10.6. The van der Waals surface area contributed by atoms with Gasteiger partial charge < -0.3 is 5.11 Å². The monoisotopic (exact) mass is 237 g/mol. The fourth-order valence-electron chi connectivity index (χ4n) is 0.350. The van der Waals surface area contributed by atoms with Gasteiger partial charge in [0.15, 0.2) is 9.61 Å². The van der Waals surface area contributed by atoms with Crippen molar-refractivity contribution in [1.82, 2.24) is 4.98 Å². The van der Waals surface area contributed by atoms with Gasteiger partial charge in [-0.2, -0.15) is 0 Å². The predicted molar refractivity (Wildman–Crippen MR) is 48.1 cm³/mol. The van der Waals surface area contributed by atoms with Crippen molar-refractivity contribution in [3.63, 3.8) is 0 Å². The van der Waals surface area contributed by atoms with Gasteiger partial charge in [0.25, 0.3) is 0 Å². The fourth-order valence-corrected chi connectivity index (χ4v) is 1.33. The maximum Gasteiger partial charge on any atom is 0.355 e. The smallest absolute Gasteiger partial charge is 0.355 e. The lowest BCUT2D eigenvalue weighted by molar-refractivity contribution is 0.0691. The van der Waals surface area contributed by atoms with Crippen molar-refractivity contribution in [3.05, 3.63) is 15.0 Å². The largest absolute Gasteiger partial charge is 0.476 e. The summed E-state index contributed by atoms with van der Waals surface area (Å²) in [5.74, 6) is -0.989. The van der Waals surface area contributed by atoms with Gasteiger partial charge in [0.1, 0.15) is 0 Å². The molecule has 0 aliphatic rings. The topological polar surface area (TPSA) is 50.2 Å². The molecule has 0 unspecified atom stereocenters. The van der Waals surface area contributed by atoms with Crippen molar-refractivity contribution in [1.29, 1.82) is 0 Å². The van der Waals surface area contributed by atoms with E-state index >= 15 is 0 Å². The molecule has 1 aromatic heterocycles. The van der Waals surface area contributed by atoms with Crippen LogP contribution in [0.5, 0.6) is 0 Å². The van der Waals surface area contributed by atoms with Crippen molar-refractivity contribution >= 4 is 33.2 Å². The van der Waals surface area contributed by atoms with Gasteiger partial charge >= 0.3 is 5.97 Å². The van der Waals surface area contributed by atoms with Crippen molar-refractivity contribution in [2.24, 2.45) is 0 Å². The van der Waals surface area contributed by atoms with E-state index in [9.17, 15) is 4.79 Å². The Balaban J connectivity index is 0.000000461. The zero-order valence-electron chi connectivity index (χ0n) is 6.17. The quantitative estimate of drug-likeness (QED) is 0.818. The SMILES string of the molecule is CC.O=C(O)c1csc(Br)n1. The van der Waals surface area contributed by atoms with Gasteiger partial charge in [-0.05, 0) is 15.9 Å². The summed E-state index contributed by atoms with van der Waals surface area (Å²) in [5.41, 5.74) is 0.0897. The maximum absolute atomic E-state index is 10.1. The lowest BCUT2D eigenvalue weighted by Crippen LogP contribution is -1.94. The normalized spacial score (nSPS) is 8.27. The van der Waals surface area contributed by atoms with Crippen LogP contribution in [-0.4, -0.2) is 16.1 Å². The van der Waals surface area contributed by atoms with Crippen LogP contribution >= 0.6 is 27.3 Å². The van der Waals surface area contributed by atoms with Gasteiger partial charge in [-0.15, -0.1) is 11.3 Å². The highest BCUT2D eigenvalue weighted by Gasteiger charge is 2.05. The third kappa shape index (κ3) is 3.48. The summed E-state index contributed by atoms with van der Waals surface area (Å²) < 4.78 is 0.597. The third-order valence-electron chi connectivity index (χ3n) is 0.695. The molecule has 0 aromatic carbocycles. The van der Waals surface area contributed by atoms with Crippen LogP contribution in [0.4, 0.5) is 0 Å². The number of thiazole rings is 1. The standard InChI is InChI=1S/C4H2BrNO2S.C2H6/c5-4-6-2(1-9-4)3(7)8;1-2/h1H,(H,7,8);1-2H3. The first-order valence-electron chi connectivity index (χ1n) is 3.04. The van der Waals surface area contributed by atoms with E-state index in [1.54, 1.807) is 0 Å². The van der Waals surface area contributed by atoms with E-state index in [-0.39, 0.29) is 5.69 Å². The molecule has 0 amide bonds. The van der Waals surface area contributed by atoms with Crippen LogP contribution in [0.15, 0.2) is 9.30 Å². The second-order valence-corrected chi connectivity index (χ2v) is 3.42. The minimum Gasteiger partial charge on any atom is -0.476 e. The zero-order valence-corrected chi connectivity index (χ0v) is 8.57. The molecule has 0 radical (unpaired) electrons. The van der Waals surface area contributed by atoms with Crippen LogP contribution in [0.2, 0.25) is 0 Å². The Labute approximate surface area is 77.2 Å². The first-order valence-corrected chi connectivity index (χ1v) is 4.72. The Hall–Kier alpha value is -0.420. The average Bonchev–Trinajstić information content (AvgIpc) is 2.40. The molecule has 0 spiro atoms. The van der Waals surface area contributed by atoms with Crippen molar-refractivity contribution in [2.75, 3.05) is 0 Å². The number of hydrogen-bond acceptors (Lipinski definition) is 3. The molecular formula is C6H8BrNO2S. The molecule has 11 heavy (non-hydrogen) atoms. The van der Waals surface area contributed by atoms with Crippen LogP contribution in [-0.2, 0) is 0 Å². The maximum atomic E-state index is 10.1. The summed E-state index contributed by atoms with van der Waals surface area (Å²) in [6.45, 7) is 4.00. The Morgan fingerprint density at radius 3 is 2.45 bits per heavy atom. The Bertz CT molecular complexity index is 236. The summed E-state index contributed by atoms with van der Waals surface area (Å²) in [6.07, 6.45) is 0. The van der Waals surface area contributed by atoms with Crippen LogP contribution in [0.3, 0.4) is 0 Å². The highest BCUT2D eigenvalue weighted by atomic mass is 79.9. The van der Waals surface area contributed by atoms with Gasteiger partial charge in [0, 0.05) is 5.38 Å². The average molecular weight is 238 g/mol. The molecular weight excluding hydrogens is 230 g/mol. The molecule has 0 aliphatic heterocycles. The molecule has 1 N–H and O–H groups in total. The summed E-state index contributed by atoms with van der Waals surface area (Å²) in [5, 5.41) is 9.80. The summed E-state index contributed by atoms with van der Waals surface area (Å²) in [7, 11) is 0. The number of carbonyl (C=O) groups is 1. The minimum atomic E-state index is -0.989. The molecule has 62 valence electrons. The van der Waals surface area contributed by atoms with E-state index in [1.807, 2.05) is 13.8 Å². The Morgan fingerprint density at radius 2 is 2.27 bits per heavy atom. The fraction of sp³-hybridized carbons (Fsp3) is 0.333. The van der Waals surface area contributed by atoms with Crippen molar-refractivity contribution in [3.8, 4) is 0 Å². The molecule has 1 rings (SSSR count). The van der Waals surface area contributed by atoms with Crippen LogP contribution in [0.25, 0.3) is 0 Å². The van der Waals surface area contributed by atoms with Crippen LogP contribution < -0.4 is 0 Å². The molecule has 0 saturated carbocycles. The van der Waals surface area contributed by atoms with Crippen molar-refractivity contribution in [2.45, 2.75) is 13.8 Å². The Kier molecular flexibility index (Phi) is 5.06. The van der Waals surface area contributed by atoms with Gasteiger partial charge in [-0.1, -0.05) is 13.8 Å². The number of rotatable bonds is 1. The molecule has 0 fully saturated rings. The highest BCUT2D eigenvalue weighted by molar-refractivity contribution is 9.11. The van der Waals surface area contributed by atoms with E-state index in [0.717, 1.165) is 0 Å². The Morgan fingerprint density at radius 1 is 1.73 bits per heavy atom. The molecule has 0 atom stereocenters. The van der Waals surface area contributed by atoms with Crippen LogP contribution in [0, 0.1) is 0 Å². The molecule has 1 heterocycles. The molecule has 3 nitrogen and oxygen atoms in total. The summed E-state index contributed by atoms with van der Waals surface area (Å²) >= 11 is 4.30. The van der Waals surface area contributed by atoms with E-state index in [4.69, 9.17) is 5.11 Å². The first-order chi connectivity index (χ1) is 5.20. The second kappa shape index (κ2) is 5.26. The summed E-state index contributed by atoms with van der Waals surface area (Å²) in [6, 6.07) is 0. The number of hydrogen-bond donors (Lipinski definition) is 1. The third-order valence-corrected chi connectivity index (χ3v) is 2.06. The molecule has 1 aromatic rings. The lowest BCUT2D eigenvalue weighted by Gasteiger charge is -1.78. The zero-order chi connectivity index (χ0) is 8.85. The van der Waals surface area contributed by atoms with Gasteiger partial charge in [-0.3, -0.25) is 0 Å². The lowest BCUT2D eigenvalue weighted by atomic mass is 10.5. The van der Waals surface area contributed by atoms with E-state index < -0.39 is 5.97 Å². The molecule has 5 heteroatoms. The van der Waals surface area contributed by atoms with Gasteiger partial charge in [-0.25, -0.2) is 9.78 Å². The number of carboxylic acid groups (broad SMARTS) is 1. The number of aromatic carboxylic acids is 1. The number of carboxylic acids is 1. The molecule has 0 aliphatic carbocycles. The van der Waals surface area contributed by atoms with E-state index in [1.165, 1.54) is 16.7 Å². The molecule has 0 saturated heterocycles. The predicted octanol–water partition coefficient (Wildman–Crippen LogP) is 2.63. The van der Waals surface area contributed by atoms with Crippen LogP contribution in [0.1, 0.15) is 24.3 Å². The second-order valence-electron chi connectivity index (χ2n) is 1.29. The minimum absolute atomic E-state index is 0.0897. The number of halogens is 1.